The molecule has 1 saturated carbocycles. The van der Waals surface area contributed by atoms with Crippen LogP contribution in [-0.2, 0) is 17.6 Å². The van der Waals surface area contributed by atoms with Crippen LogP contribution in [0.15, 0.2) is 48.7 Å². The van der Waals surface area contributed by atoms with Crippen molar-refractivity contribution in [3.63, 3.8) is 0 Å². The minimum absolute atomic E-state index is 0.369. The summed E-state index contributed by atoms with van der Waals surface area (Å²) in [5.74, 6) is 1.51. The molecule has 0 aliphatic heterocycles. The zero-order valence-electron chi connectivity index (χ0n) is 15.8. The second-order valence-corrected chi connectivity index (χ2v) is 7.56. The van der Waals surface area contributed by atoms with Gasteiger partial charge in [-0.05, 0) is 56.2 Å². The van der Waals surface area contributed by atoms with Crippen molar-refractivity contribution in [1.29, 1.82) is 0 Å². The fraction of sp³-hybridized carbons (Fsp3) is 0.435. The molecule has 0 saturated heterocycles. The highest BCUT2D eigenvalue weighted by molar-refractivity contribution is 5.78. The second-order valence-electron chi connectivity index (χ2n) is 7.56. The third-order valence-corrected chi connectivity index (χ3v) is 5.60. The highest BCUT2D eigenvalue weighted by Crippen LogP contribution is 2.35. The van der Waals surface area contributed by atoms with Gasteiger partial charge in [0.25, 0.3) is 0 Å². The van der Waals surface area contributed by atoms with Gasteiger partial charge in [-0.1, -0.05) is 30.3 Å². The number of hydrogen-bond donors (Lipinski definition) is 0. The van der Waals surface area contributed by atoms with Gasteiger partial charge >= 0.3 is 0 Å². The summed E-state index contributed by atoms with van der Waals surface area (Å²) in [6.45, 7) is 0. The molecule has 27 heavy (non-hydrogen) atoms. The van der Waals surface area contributed by atoms with Crippen LogP contribution < -0.4 is 0 Å². The number of fused-ring (bicyclic) bond motifs is 1. The highest BCUT2D eigenvalue weighted by Gasteiger charge is 2.24. The zero-order chi connectivity index (χ0) is 18.5. The molecule has 0 amide bonds. The van der Waals surface area contributed by atoms with E-state index in [2.05, 4.69) is 21.7 Å². The van der Waals surface area contributed by atoms with Crippen molar-refractivity contribution in [2.24, 2.45) is 0 Å². The molecule has 1 aliphatic carbocycles. The van der Waals surface area contributed by atoms with E-state index in [1.807, 2.05) is 36.5 Å². The van der Waals surface area contributed by atoms with Crippen LogP contribution in [0.3, 0.4) is 0 Å². The average molecular weight is 361 g/mol. The molecule has 3 aromatic rings. The van der Waals surface area contributed by atoms with E-state index in [0.29, 0.717) is 24.7 Å². The maximum atomic E-state index is 12.2. The predicted octanol–water partition coefficient (Wildman–Crippen LogP) is 5.07. The van der Waals surface area contributed by atoms with Crippen LogP contribution in [0.5, 0.6) is 0 Å². The lowest BCUT2D eigenvalue weighted by atomic mass is 9.92. The molecule has 0 N–H and O–H groups in total. The largest absolute Gasteiger partial charge is 0.310 e. The molecule has 0 spiro atoms. The number of rotatable bonds is 9. The van der Waals surface area contributed by atoms with Crippen LogP contribution >= 0.6 is 0 Å². The maximum Gasteiger partial charge on any atom is 0.160 e. The number of hydrogen-bond acceptors (Lipinski definition) is 3. The summed E-state index contributed by atoms with van der Waals surface area (Å²) in [5.41, 5.74) is 3.27. The number of pyridine rings is 1. The first-order valence-electron chi connectivity index (χ1n) is 10.2. The number of aryl methyl sites for hydroxylation is 2. The van der Waals surface area contributed by atoms with Gasteiger partial charge in [-0.15, -0.1) is 0 Å². The van der Waals surface area contributed by atoms with Gasteiger partial charge in [-0.3, -0.25) is 4.79 Å². The first-order chi connectivity index (χ1) is 13.3. The molecular weight excluding hydrogens is 334 g/mol. The van der Waals surface area contributed by atoms with Gasteiger partial charge in [0.05, 0.1) is 0 Å². The Morgan fingerprint density at radius 3 is 2.63 bits per heavy atom. The Bertz CT molecular complexity index is 896. The third kappa shape index (κ3) is 4.26. The van der Waals surface area contributed by atoms with Crippen molar-refractivity contribution in [3.8, 4) is 0 Å². The van der Waals surface area contributed by atoms with Crippen LogP contribution in [0.25, 0.3) is 11.2 Å². The lowest BCUT2D eigenvalue weighted by Crippen LogP contribution is -2.19. The summed E-state index contributed by atoms with van der Waals surface area (Å²) in [7, 11) is 0. The first kappa shape index (κ1) is 17.9. The predicted molar refractivity (Wildman–Crippen MR) is 108 cm³/mol. The molecule has 1 fully saturated rings. The molecule has 1 aromatic carbocycles. The molecule has 0 atom stereocenters. The van der Waals surface area contributed by atoms with Crippen LogP contribution in [-0.4, -0.2) is 20.3 Å². The number of imidazole rings is 1. The molecule has 0 unspecified atom stereocenters. The molecule has 0 bridgehead atoms. The lowest BCUT2D eigenvalue weighted by Gasteiger charge is -2.28. The molecule has 4 rings (SSSR count). The van der Waals surface area contributed by atoms with Gasteiger partial charge in [0.1, 0.15) is 17.1 Å². The maximum absolute atomic E-state index is 12.2. The van der Waals surface area contributed by atoms with Gasteiger partial charge in [0.2, 0.25) is 0 Å². The number of benzene rings is 1. The molecule has 2 heterocycles. The Morgan fingerprint density at radius 2 is 1.85 bits per heavy atom. The molecule has 4 nitrogen and oxygen atoms in total. The Labute approximate surface area is 160 Å². The SMILES string of the molecule is O=C(CCCCc1nc2cccnc2n1C1CCC1)CCc1ccccc1. The van der Waals surface area contributed by atoms with E-state index in [1.54, 1.807) is 0 Å². The van der Waals surface area contributed by atoms with E-state index >= 15 is 0 Å². The molecule has 1 aliphatic rings. The van der Waals surface area contributed by atoms with E-state index in [1.165, 1.54) is 24.8 Å². The van der Waals surface area contributed by atoms with Crippen molar-refractivity contribution in [2.45, 2.75) is 63.8 Å². The molecule has 2 aromatic heterocycles. The Morgan fingerprint density at radius 1 is 1.00 bits per heavy atom. The van der Waals surface area contributed by atoms with Gasteiger partial charge in [0.15, 0.2) is 5.65 Å². The molecular formula is C23H27N3O. The molecule has 0 radical (unpaired) electrons. The van der Waals surface area contributed by atoms with Crippen LogP contribution in [0.1, 0.15) is 62.4 Å². The van der Waals surface area contributed by atoms with Crippen molar-refractivity contribution in [3.05, 3.63) is 60.0 Å². The van der Waals surface area contributed by atoms with Gasteiger partial charge in [-0.25, -0.2) is 9.97 Å². The minimum atomic E-state index is 0.369. The fourth-order valence-electron chi connectivity index (χ4n) is 3.84. The van der Waals surface area contributed by atoms with E-state index in [-0.39, 0.29) is 0 Å². The number of Topliss-reactive ketones (excluding diaryl/α,β-unsaturated/α-hetero) is 1. The van der Waals surface area contributed by atoms with Crippen LogP contribution in [0.4, 0.5) is 0 Å². The van der Waals surface area contributed by atoms with Gasteiger partial charge in [0, 0.05) is 31.5 Å². The molecule has 4 heteroatoms. The second kappa shape index (κ2) is 8.47. The normalized spacial score (nSPS) is 14.4. The van der Waals surface area contributed by atoms with Crippen molar-refractivity contribution in [1.82, 2.24) is 14.5 Å². The Balaban J connectivity index is 1.28. The van der Waals surface area contributed by atoms with Crippen molar-refractivity contribution in [2.75, 3.05) is 0 Å². The lowest BCUT2D eigenvalue weighted by molar-refractivity contribution is -0.119. The quantitative estimate of drug-likeness (QED) is 0.500. The average Bonchev–Trinajstić information content (AvgIpc) is 3.01. The number of carbonyl (C=O) groups is 1. The first-order valence-corrected chi connectivity index (χ1v) is 10.2. The Hall–Kier alpha value is -2.49. The number of unbranched alkanes of at least 4 members (excludes halogenated alkanes) is 1. The van der Waals surface area contributed by atoms with Gasteiger partial charge < -0.3 is 4.57 Å². The topological polar surface area (TPSA) is 47.8 Å². The Kier molecular flexibility index (Phi) is 5.61. The van der Waals surface area contributed by atoms with Crippen molar-refractivity contribution >= 4 is 16.9 Å². The summed E-state index contributed by atoms with van der Waals surface area (Å²) in [6.07, 6.45) is 10.7. The van der Waals surface area contributed by atoms with E-state index in [9.17, 15) is 4.79 Å². The van der Waals surface area contributed by atoms with Crippen LogP contribution in [0.2, 0.25) is 0 Å². The van der Waals surface area contributed by atoms with Gasteiger partial charge in [-0.2, -0.15) is 0 Å². The summed E-state index contributed by atoms with van der Waals surface area (Å²) in [5, 5.41) is 0. The summed E-state index contributed by atoms with van der Waals surface area (Å²) in [4.78, 5) is 21.6. The number of aromatic nitrogens is 3. The smallest absolute Gasteiger partial charge is 0.160 e. The summed E-state index contributed by atoms with van der Waals surface area (Å²) >= 11 is 0. The van der Waals surface area contributed by atoms with Crippen LogP contribution in [0, 0.1) is 0 Å². The zero-order valence-corrected chi connectivity index (χ0v) is 15.8. The van der Waals surface area contributed by atoms with E-state index in [4.69, 9.17) is 4.98 Å². The number of nitrogens with zero attached hydrogens (tertiary/aromatic N) is 3. The third-order valence-electron chi connectivity index (χ3n) is 5.60. The summed E-state index contributed by atoms with van der Waals surface area (Å²) < 4.78 is 2.36. The van der Waals surface area contributed by atoms with E-state index < -0.39 is 0 Å². The fourth-order valence-corrected chi connectivity index (χ4v) is 3.84. The van der Waals surface area contributed by atoms with Crippen molar-refractivity contribution < 1.29 is 4.79 Å². The minimum Gasteiger partial charge on any atom is -0.310 e. The number of carbonyl (C=O) groups excluding carboxylic acids is 1. The monoisotopic (exact) mass is 361 g/mol. The van der Waals surface area contributed by atoms with E-state index in [0.717, 1.165) is 42.7 Å². The highest BCUT2D eigenvalue weighted by atomic mass is 16.1. The standard InChI is InChI=1S/C23H27N3O/c27-20(16-15-18-8-2-1-3-9-18)12-4-5-14-22-25-21-13-7-17-24-23(21)26(22)19-10-6-11-19/h1-3,7-9,13,17,19H,4-6,10-12,14-16H2. The number of ketones is 1. The molecule has 140 valence electrons. The summed E-state index contributed by atoms with van der Waals surface area (Å²) in [6, 6.07) is 14.8.